The van der Waals surface area contributed by atoms with Gasteiger partial charge in [-0.1, -0.05) is 31.2 Å². The molecule has 1 atom stereocenters. The Balaban J connectivity index is 1.60. The van der Waals surface area contributed by atoms with E-state index in [1.165, 1.54) is 18.5 Å². The molecule has 1 N–H and O–H groups in total. The lowest BCUT2D eigenvalue weighted by atomic mass is 9.96. The van der Waals surface area contributed by atoms with Crippen LogP contribution in [0.3, 0.4) is 0 Å². The monoisotopic (exact) mass is 639 g/mol. The van der Waals surface area contributed by atoms with E-state index in [2.05, 4.69) is 38.2 Å². The molecule has 0 aliphatic heterocycles. The van der Waals surface area contributed by atoms with E-state index in [1.54, 1.807) is 47.3 Å². The molecular weight excluding hydrogens is 609 g/mol. The number of benzene rings is 2. The molecular formula is C25H30IN5O5S. The van der Waals surface area contributed by atoms with Crippen LogP contribution in [0.25, 0.3) is 0 Å². The first-order chi connectivity index (χ1) is 17.5. The van der Waals surface area contributed by atoms with Crippen molar-refractivity contribution in [3.05, 3.63) is 69.6 Å². The van der Waals surface area contributed by atoms with Crippen molar-refractivity contribution < 1.29 is 22.7 Å². The van der Waals surface area contributed by atoms with Crippen molar-refractivity contribution in [2.24, 2.45) is 11.8 Å². The molecule has 12 heteroatoms. The molecule has 2 aromatic carbocycles. The molecule has 0 saturated heterocycles. The second kappa shape index (κ2) is 12.6. The predicted molar refractivity (Wildman–Crippen MR) is 147 cm³/mol. The fourth-order valence-electron chi connectivity index (χ4n) is 3.62. The first kappa shape index (κ1) is 28.7. The molecule has 1 amide bonds. The van der Waals surface area contributed by atoms with Gasteiger partial charge in [-0.3, -0.25) is 9.59 Å². The van der Waals surface area contributed by atoms with Crippen LogP contribution in [-0.2, 0) is 37.4 Å². The van der Waals surface area contributed by atoms with Crippen LogP contribution in [0.4, 0.5) is 5.69 Å². The van der Waals surface area contributed by atoms with Crippen LogP contribution in [0, 0.1) is 15.4 Å². The van der Waals surface area contributed by atoms with E-state index in [-0.39, 0.29) is 17.4 Å². The summed E-state index contributed by atoms with van der Waals surface area (Å²) in [5.41, 5.74) is 1.98. The maximum Gasteiger partial charge on any atom is 0.318 e. The van der Waals surface area contributed by atoms with Gasteiger partial charge in [0.05, 0.1) is 37.0 Å². The number of halogens is 1. The number of hydrogen-bond acceptors (Lipinski definition) is 7. The van der Waals surface area contributed by atoms with Crippen molar-refractivity contribution in [2.45, 2.75) is 38.3 Å². The molecule has 1 aromatic heterocycles. The molecule has 3 rings (SSSR count). The number of aromatic nitrogens is 3. The van der Waals surface area contributed by atoms with Crippen molar-refractivity contribution in [1.29, 1.82) is 0 Å². The maximum absolute atomic E-state index is 12.8. The third kappa shape index (κ3) is 7.82. The molecule has 198 valence electrons. The Labute approximate surface area is 230 Å². The molecule has 1 unspecified atom stereocenters. The first-order valence-corrected chi connectivity index (χ1v) is 14.1. The van der Waals surface area contributed by atoms with Gasteiger partial charge in [-0.2, -0.15) is 4.31 Å². The van der Waals surface area contributed by atoms with Crippen LogP contribution in [-0.4, -0.2) is 53.8 Å². The van der Waals surface area contributed by atoms with Crippen LogP contribution in [0.15, 0.2) is 59.6 Å². The molecule has 0 bridgehead atoms. The summed E-state index contributed by atoms with van der Waals surface area (Å²) < 4.78 is 34.2. The van der Waals surface area contributed by atoms with Gasteiger partial charge in [-0.05, 0) is 76.9 Å². The SMILES string of the molecule is COC(=O)C(CC(C)C)C(=O)Nc1ccc(Cn2cc(CN(C)S(=O)(=O)c3ccc(I)cc3)nn2)cc1. The zero-order chi connectivity index (χ0) is 27.2. The first-order valence-electron chi connectivity index (χ1n) is 11.6. The number of amides is 1. The summed E-state index contributed by atoms with van der Waals surface area (Å²) in [4.78, 5) is 24.8. The van der Waals surface area contributed by atoms with Gasteiger partial charge in [-0.15, -0.1) is 5.10 Å². The van der Waals surface area contributed by atoms with Gasteiger partial charge in [0, 0.05) is 16.3 Å². The van der Waals surface area contributed by atoms with E-state index >= 15 is 0 Å². The van der Waals surface area contributed by atoms with Gasteiger partial charge in [-0.25, -0.2) is 13.1 Å². The quantitative estimate of drug-likeness (QED) is 0.194. The Kier molecular flexibility index (Phi) is 9.79. The number of rotatable bonds is 11. The summed E-state index contributed by atoms with van der Waals surface area (Å²) in [5, 5.41) is 11.0. The van der Waals surface area contributed by atoms with E-state index in [0.29, 0.717) is 24.3 Å². The Hall–Kier alpha value is -2.84. The number of esters is 1. The van der Waals surface area contributed by atoms with Crippen molar-refractivity contribution in [3.8, 4) is 0 Å². The standard InChI is InChI=1S/C25H30IN5O5S/c1-17(2)13-23(25(33)36-4)24(32)27-20-9-5-18(6-10-20)14-31-16-21(28-29-31)15-30(3)37(34,35)22-11-7-19(26)8-12-22/h5-12,16-17,23H,13-15H2,1-4H3,(H,27,32). The summed E-state index contributed by atoms with van der Waals surface area (Å²) in [6.45, 7) is 4.37. The molecule has 0 radical (unpaired) electrons. The summed E-state index contributed by atoms with van der Waals surface area (Å²) in [5.74, 6) is -1.67. The van der Waals surface area contributed by atoms with E-state index in [9.17, 15) is 18.0 Å². The predicted octanol–water partition coefficient (Wildman–Crippen LogP) is 3.53. The smallest absolute Gasteiger partial charge is 0.318 e. The number of nitrogens with one attached hydrogen (secondary N) is 1. The highest BCUT2D eigenvalue weighted by molar-refractivity contribution is 14.1. The number of methoxy groups -OCH3 is 1. The molecule has 3 aromatic rings. The lowest BCUT2D eigenvalue weighted by molar-refractivity contribution is -0.149. The highest BCUT2D eigenvalue weighted by atomic mass is 127. The minimum absolute atomic E-state index is 0.0804. The number of carbonyl (C=O) groups excluding carboxylic acids is 2. The van der Waals surface area contributed by atoms with E-state index < -0.39 is 27.8 Å². The topological polar surface area (TPSA) is 123 Å². The largest absolute Gasteiger partial charge is 0.468 e. The number of carbonyl (C=O) groups is 2. The zero-order valence-electron chi connectivity index (χ0n) is 21.1. The molecule has 0 fully saturated rings. The lowest BCUT2D eigenvalue weighted by Crippen LogP contribution is -2.31. The molecule has 37 heavy (non-hydrogen) atoms. The number of anilines is 1. The third-order valence-corrected chi connectivity index (χ3v) is 8.10. The summed E-state index contributed by atoms with van der Waals surface area (Å²) in [6.07, 6.45) is 2.09. The van der Waals surface area contributed by atoms with Crippen molar-refractivity contribution in [3.63, 3.8) is 0 Å². The molecule has 0 aliphatic rings. The second-order valence-corrected chi connectivity index (χ2v) is 12.3. The number of hydrogen-bond donors (Lipinski definition) is 1. The van der Waals surface area contributed by atoms with E-state index in [1.807, 2.05) is 26.0 Å². The Morgan fingerprint density at radius 2 is 1.76 bits per heavy atom. The van der Waals surface area contributed by atoms with Gasteiger partial charge in [0.1, 0.15) is 5.92 Å². The van der Waals surface area contributed by atoms with Gasteiger partial charge < -0.3 is 10.1 Å². The zero-order valence-corrected chi connectivity index (χ0v) is 24.1. The molecule has 10 nitrogen and oxygen atoms in total. The minimum atomic E-state index is -3.65. The normalized spacial score (nSPS) is 12.5. The van der Waals surface area contributed by atoms with Crippen molar-refractivity contribution >= 4 is 50.2 Å². The van der Waals surface area contributed by atoms with Crippen molar-refractivity contribution in [1.82, 2.24) is 19.3 Å². The average molecular weight is 640 g/mol. The summed E-state index contributed by atoms with van der Waals surface area (Å²) in [6, 6.07) is 13.8. The Morgan fingerprint density at radius 3 is 2.35 bits per heavy atom. The minimum Gasteiger partial charge on any atom is -0.468 e. The van der Waals surface area contributed by atoms with E-state index in [4.69, 9.17) is 4.74 Å². The molecule has 1 heterocycles. The Morgan fingerprint density at radius 1 is 1.11 bits per heavy atom. The molecule has 0 spiro atoms. The highest BCUT2D eigenvalue weighted by Gasteiger charge is 2.28. The lowest BCUT2D eigenvalue weighted by Gasteiger charge is -2.16. The second-order valence-electron chi connectivity index (χ2n) is 9.01. The molecule has 0 saturated carbocycles. The number of sulfonamides is 1. The highest BCUT2D eigenvalue weighted by Crippen LogP contribution is 2.19. The number of ether oxygens (including phenoxy) is 1. The maximum atomic E-state index is 12.8. The van der Waals surface area contributed by atoms with Crippen LogP contribution in [0.2, 0.25) is 0 Å². The fraction of sp³-hybridized carbons (Fsp3) is 0.360. The summed E-state index contributed by atoms with van der Waals surface area (Å²) in [7, 11) is -0.872. The van der Waals surface area contributed by atoms with Gasteiger partial charge in [0.25, 0.3) is 0 Å². The van der Waals surface area contributed by atoms with Crippen LogP contribution < -0.4 is 5.32 Å². The van der Waals surface area contributed by atoms with Gasteiger partial charge >= 0.3 is 5.97 Å². The van der Waals surface area contributed by atoms with Crippen LogP contribution in [0.5, 0.6) is 0 Å². The number of nitrogens with zero attached hydrogens (tertiary/aromatic N) is 4. The van der Waals surface area contributed by atoms with Gasteiger partial charge in [0.15, 0.2) is 0 Å². The van der Waals surface area contributed by atoms with Crippen LogP contribution >= 0.6 is 22.6 Å². The van der Waals surface area contributed by atoms with Crippen LogP contribution in [0.1, 0.15) is 31.5 Å². The molecule has 0 aliphatic carbocycles. The fourth-order valence-corrected chi connectivity index (χ4v) is 5.12. The van der Waals surface area contributed by atoms with Crippen molar-refractivity contribution in [2.75, 3.05) is 19.5 Å². The Bertz CT molecular complexity index is 1320. The van der Waals surface area contributed by atoms with Gasteiger partial charge in [0.2, 0.25) is 15.9 Å². The summed E-state index contributed by atoms with van der Waals surface area (Å²) >= 11 is 2.12. The average Bonchev–Trinajstić information content (AvgIpc) is 3.29. The third-order valence-electron chi connectivity index (χ3n) is 5.57. The van der Waals surface area contributed by atoms with E-state index in [0.717, 1.165) is 9.13 Å².